The van der Waals surface area contributed by atoms with Crippen LogP contribution < -0.4 is 5.56 Å². The number of para-hydroxylation sites is 1. The molecule has 0 unspecified atom stereocenters. The second kappa shape index (κ2) is 7.75. The fraction of sp³-hybridized carbons (Fsp3) is 0.350. The number of nitro groups is 1. The smallest absolute Gasteiger partial charge is 0.349 e. The Balaban J connectivity index is 1.65. The van der Waals surface area contributed by atoms with Crippen LogP contribution >= 0.6 is 11.3 Å². The third-order valence-corrected chi connectivity index (χ3v) is 6.31. The number of ether oxygens (including phenoxy) is 1. The van der Waals surface area contributed by atoms with Crippen LogP contribution in [0.2, 0.25) is 0 Å². The Morgan fingerprint density at radius 2 is 2.10 bits per heavy atom. The van der Waals surface area contributed by atoms with Gasteiger partial charge in [-0.05, 0) is 31.4 Å². The van der Waals surface area contributed by atoms with Crippen LogP contribution in [0, 0.1) is 17.0 Å². The van der Waals surface area contributed by atoms with Gasteiger partial charge >= 0.3 is 5.97 Å². The van der Waals surface area contributed by atoms with E-state index in [0.29, 0.717) is 32.8 Å². The molecule has 1 aliphatic rings. The predicted octanol–water partition coefficient (Wildman–Crippen LogP) is 3.76. The van der Waals surface area contributed by atoms with Gasteiger partial charge in [0.05, 0.1) is 15.9 Å². The van der Waals surface area contributed by atoms with Gasteiger partial charge in [-0.3, -0.25) is 19.5 Å². The standard InChI is InChI=1S/C20H19N3O5S/c1-12-16-18(21-15-9-3-2-6-10-22(15)19(16)24)29-17(12)20(25)28-11-13-7-4-5-8-14(13)23(26)27/h4-5,7-8H,2-3,6,9-11H2,1H3. The van der Waals surface area contributed by atoms with Crippen LogP contribution in [0.25, 0.3) is 10.2 Å². The third kappa shape index (κ3) is 3.53. The van der Waals surface area contributed by atoms with Gasteiger partial charge in [-0.25, -0.2) is 9.78 Å². The quantitative estimate of drug-likeness (QED) is 0.366. The van der Waals surface area contributed by atoms with E-state index < -0.39 is 10.9 Å². The topological polar surface area (TPSA) is 104 Å². The van der Waals surface area contributed by atoms with Crippen LogP contribution in [0.5, 0.6) is 0 Å². The molecule has 0 radical (unpaired) electrons. The Bertz CT molecular complexity index is 1180. The first-order valence-electron chi connectivity index (χ1n) is 9.39. The largest absolute Gasteiger partial charge is 0.456 e. The minimum atomic E-state index is -0.608. The zero-order valence-electron chi connectivity index (χ0n) is 15.8. The van der Waals surface area contributed by atoms with Crippen molar-refractivity contribution in [2.45, 2.75) is 45.8 Å². The molecule has 0 N–H and O–H groups in total. The summed E-state index contributed by atoms with van der Waals surface area (Å²) in [6.45, 7) is 2.14. The highest BCUT2D eigenvalue weighted by molar-refractivity contribution is 7.20. The summed E-state index contributed by atoms with van der Waals surface area (Å²) in [6, 6.07) is 6.13. The summed E-state index contributed by atoms with van der Waals surface area (Å²) in [6.07, 6.45) is 3.75. The van der Waals surface area contributed by atoms with Crippen LogP contribution in [0.1, 0.15) is 45.9 Å². The molecule has 0 saturated carbocycles. The normalized spacial score (nSPS) is 13.7. The molecule has 4 rings (SSSR count). The maximum absolute atomic E-state index is 13.0. The number of hydrogen-bond acceptors (Lipinski definition) is 7. The number of esters is 1. The van der Waals surface area contributed by atoms with Gasteiger partial charge in [0.25, 0.3) is 11.2 Å². The number of nitro benzene ring substituents is 1. The van der Waals surface area contributed by atoms with Crippen molar-refractivity contribution in [1.82, 2.24) is 9.55 Å². The molecule has 0 amide bonds. The molecule has 1 aromatic carbocycles. The summed E-state index contributed by atoms with van der Waals surface area (Å²) in [7, 11) is 0. The van der Waals surface area contributed by atoms with Gasteiger partial charge < -0.3 is 4.74 Å². The SMILES string of the molecule is Cc1c(C(=O)OCc2ccccc2[N+](=O)[O-])sc2nc3n(c(=O)c12)CCCCC3. The minimum Gasteiger partial charge on any atom is -0.456 e. The molecule has 0 spiro atoms. The Morgan fingerprint density at radius 1 is 1.31 bits per heavy atom. The van der Waals surface area contributed by atoms with Gasteiger partial charge in [-0.15, -0.1) is 11.3 Å². The summed E-state index contributed by atoms with van der Waals surface area (Å²) in [5, 5.41) is 11.6. The molecule has 8 nitrogen and oxygen atoms in total. The van der Waals surface area contributed by atoms with E-state index in [9.17, 15) is 19.7 Å². The van der Waals surface area contributed by atoms with E-state index in [1.165, 1.54) is 6.07 Å². The maximum atomic E-state index is 13.0. The van der Waals surface area contributed by atoms with E-state index in [4.69, 9.17) is 4.74 Å². The summed E-state index contributed by atoms with van der Waals surface area (Å²) < 4.78 is 7.05. The molecule has 2 aromatic heterocycles. The second-order valence-electron chi connectivity index (χ2n) is 6.99. The molecule has 0 bridgehead atoms. The highest BCUT2D eigenvalue weighted by atomic mass is 32.1. The van der Waals surface area contributed by atoms with Crippen LogP contribution in [-0.4, -0.2) is 20.4 Å². The molecule has 1 aliphatic heterocycles. The average molecular weight is 413 g/mol. The van der Waals surface area contributed by atoms with Crippen molar-refractivity contribution >= 4 is 33.2 Å². The number of aryl methyl sites for hydroxylation is 2. The minimum absolute atomic E-state index is 0.1000. The lowest BCUT2D eigenvalue weighted by molar-refractivity contribution is -0.385. The molecule has 0 fully saturated rings. The van der Waals surface area contributed by atoms with Gasteiger partial charge in [-0.1, -0.05) is 18.6 Å². The zero-order chi connectivity index (χ0) is 20.5. The van der Waals surface area contributed by atoms with Crippen molar-refractivity contribution in [2.75, 3.05) is 0 Å². The van der Waals surface area contributed by atoms with Gasteiger partial charge in [0.2, 0.25) is 0 Å². The fourth-order valence-electron chi connectivity index (χ4n) is 3.62. The van der Waals surface area contributed by atoms with Crippen molar-refractivity contribution in [3.63, 3.8) is 0 Å². The summed E-state index contributed by atoms with van der Waals surface area (Å²) >= 11 is 1.14. The van der Waals surface area contributed by atoms with Crippen molar-refractivity contribution in [3.8, 4) is 0 Å². The maximum Gasteiger partial charge on any atom is 0.349 e. The van der Waals surface area contributed by atoms with Crippen LogP contribution in [0.4, 0.5) is 5.69 Å². The monoisotopic (exact) mass is 413 g/mol. The van der Waals surface area contributed by atoms with E-state index in [1.807, 2.05) is 0 Å². The molecule has 150 valence electrons. The summed E-state index contributed by atoms with van der Waals surface area (Å²) in [5.74, 6) is 0.157. The van der Waals surface area contributed by atoms with Crippen molar-refractivity contribution in [3.05, 3.63) is 66.6 Å². The Kier molecular flexibility index (Phi) is 5.14. The first kappa shape index (κ1) is 19.3. The van der Waals surface area contributed by atoms with Crippen molar-refractivity contribution in [2.24, 2.45) is 0 Å². The predicted molar refractivity (Wildman–Crippen MR) is 108 cm³/mol. The Morgan fingerprint density at radius 3 is 2.90 bits per heavy atom. The number of thiophene rings is 1. The lowest BCUT2D eigenvalue weighted by atomic mass is 10.2. The number of benzene rings is 1. The van der Waals surface area contributed by atoms with Crippen molar-refractivity contribution < 1.29 is 14.5 Å². The average Bonchev–Trinajstić information content (AvgIpc) is 2.88. The number of hydrogen-bond donors (Lipinski definition) is 0. The second-order valence-corrected chi connectivity index (χ2v) is 7.99. The van der Waals surface area contributed by atoms with Gasteiger partial charge in [0.15, 0.2) is 0 Å². The Hall–Kier alpha value is -3.07. The van der Waals surface area contributed by atoms with Crippen LogP contribution in [-0.2, 0) is 24.3 Å². The molecule has 3 heterocycles. The zero-order valence-corrected chi connectivity index (χ0v) is 16.7. The highest BCUT2D eigenvalue weighted by Crippen LogP contribution is 2.29. The summed E-state index contributed by atoms with van der Waals surface area (Å²) in [4.78, 5) is 41.7. The van der Waals surface area contributed by atoms with E-state index in [1.54, 1.807) is 29.7 Å². The fourth-order valence-corrected chi connectivity index (χ4v) is 4.71. The first-order valence-corrected chi connectivity index (χ1v) is 10.2. The summed E-state index contributed by atoms with van der Waals surface area (Å²) in [5.41, 5.74) is 0.652. The van der Waals surface area contributed by atoms with E-state index in [-0.39, 0.29) is 17.9 Å². The van der Waals surface area contributed by atoms with E-state index >= 15 is 0 Å². The molecule has 0 atom stereocenters. The lowest BCUT2D eigenvalue weighted by Crippen LogP contribution is -2.24. The number of rotatable bonds is 4. The Labute approximate surface area is 169 Å². The molecule has 9 heteroatoms. The van der Waals surface area contributed by atoms with Crippen LogP contribution in [0.15, 0.2) is 29.1 Å². The molecule has 3 aromatic rings. The molecular weight excluding hydrogens is 394 g/mol. The van der Waals surface area contributed by atoms with Crippen LogP contribution in [0.3, 0.4) is 0 Å². The number of fused-ring (bicyclic) bond motifs is 2. The lowest BCUT2D eigenvalue weighted by Gasteiger charge is -2.08. The van der Waals surface area contributed by atoms with E-state index in [2.05, 4.69) is 4.98 Å². The number of carbonyl (C=O) groups excluding carboxylic acids is 1. The number of aromatic nitrogens is 2. The molecular formula is C20H19N3O5S. The molecule has 0 aliphatic carbocycles. The van der Waals surface area contributed by atoms with Crippen molar-refractivity contribution in [1.29, 1.82) is 0 Å². The molecule has 0 saturated heterocycles. The first-order chi connectivity index (χ1) is 14.0. The van der Waals surface area contributed by atoms with E-state index in [0.717, 1.165) is 42.8 Å². The number of carbonyl (C=O) groups is 1. The van der Waals surface area contributed by atoms with Gasteiger partial charge in [0.1, 0.15) is 22.1 Å². The third-order valence-electron chi connectivity index (χ3n) is 5.14. The highest BCUT2D eigenvalue weighted by Gasteiger charge is 2.24. The number of nitrogens with zero attached hydrogens (tertiary/aromatic N) is 3. The van der Waals surface area contributed by atoms with Gasteiger partial charge in [0, 0.05) is 19.0 Å². The van der Waals surface area contributed by atoms with Gasteiger partial charge in [-0.2, -0.15) is 0 Å². The molecule has 29 heavy (non-hydrogen) atoms.